The van der Waals surface area contributed by atoms with Crippen molar-refractivity contribution in [1.82, 2.24) is 14.0 Å². The quantitative estimate of drug-likeness (QED) is 0.494. The molecule has 0 aliphatic heterocycles. The number of halogens is 1. The lowest BCUT2D eigenvalue weighted by Crippen LogP contribution is -2.03. The molecule has 4 aromatic rings. The molecule has 0 bridgehead atoms. The summed E-state index contributed by atoms with van der Waals surface area (Å²) < 4.78 is 5.36. The molecule has 0 spiro atoms. The van der Waals surface area contributed by atoms with Crippen molar-refractivity contribution in [3.8, 4) is 11.4 Å². The minimum absolute atomic E-state index is 0.247. The molecular weight excluding hydrogens is 406 g/mol. The number of nitrogens with zero attached hydrogens (tertiary/aromatic N) is 3. The Kier molecular flexibility index (Phi) is 3.65. The van der Waals surface area contributed by atoms with Crippen molar-refractivity contribution >= 4 is 38.4 Å². The molecule has 136 valence electrons. The average Bonchev–Trinajstić information content (AvgIpc) is 3.38. The molecule has 3 aromatic heterocycles. The van der Waals surface area contributed by atoms with Crippen molar-refractivity contribution in [2.45, 2.75) is 26.3 Å². The lowest BCUT2D eigenvalue weighted by atomic mass is 10.2. The summed E-state index contributed by atoms with van der Waals surface area (Å²) in [4.78, 5) is 16.1. The predicted molar refractivity (Wildman–Crippen MR) is 108 cm³/mol. The number of fused-ring (bicyclic) bond motifs is 2. The highest BCUT2D eigenvalue weighted by Crippen LogP contribution is 2.41. The van der Waals surface area contributed by atoms with E-state index in [9.17, 15) is 9.90 Å². The number of para-hydroxylation sites is 1. The summed E-state index contributed by atoms with van der Waals surface area (Å²) in [6, 6.07) is 11.6. The maximum atomic E-state index is 11.3. The first kappa shape index (κ1) is 16.6. The van der Waals surface area contributed by atoms with E-state index in [1.54, 1.807) is 18.3 Å². The van der Waals surface area contributed by atoms with Crippen LogP contribution in [0.3, 0.4) is 0 Å². The third-order valence-electron chi connectivity index (χ3n) is 5.38. The smallest absolute Gasteiger partial charge is 0.335 e. The first-order valence-corrected chi connectivity index (χ1v) is 9.83. The normalized spacial score (nSPS) is 14.3. The number of hydrogen-bond acceptors (Lipinski definition) is 2. The van der Waals surface area contributed by atoms with Gasteiger partial charge in [0.1, 0.15) is 11.3 Å². The molecule has 0 unspecified atom stereocenters. The van der Waals surface area contributed by atoms with Gasteiger partial charge in [-0.2, -0.15) is 0 Å². The molecule has 1 aromatic carbocycles. The van der Waals surface area contributed by atoms with Crippen molar-refractivity contribution in [2.75, 3.05) is 0 Å². The van der Waals surface area contributed by atoms with Crippen molar-refractivity contribution in [2.24, 2.45) is 5.92 Å². The molecule has 1 N–H and O–H groups in total. The van der Waals surface area contributed by atoms with Gasteiger partial charge in [0.15, 0.2) is 0 Å². The van der Waals surface area contributed by atoms with Crippen molar-refractivity contribution < 1.29 is 9.90 Å². The monoisotopic (exact) mass is 423 g/mol. The molecule has 5 rings (SSSR count). The van der Waals surface area contributed by atoms with Crippen LogP contribution in [0.15, 0.2) is 47.1 Å². The molecule has 1 aliphatic rings. The Hall–Kier alpha value is -2.60. The number of carbonyl (C=O) groups is 1. The van der Waals surface area contributed by atoms with Gasteiger partial charge in [-0.3, -0.25) is 0 Å². The Morgan fingerprint density at radius 1 is 1.30 bits per heavy atom. The van der Waals surface area contributed by atoms with E-state index in [0.717, 1.165) is 34.0 Å². The van der Waals surface area contributed by atoms with E-state index in [1.807, 2.05) is 17.4 Å². The zero-order valence-electron chi connectivity index (χ0n) is 14.8. The Morgan fingerprint density at radius 2 is 2.07 bits per heavy atom. The lowest BCUT2D eigenvalue weighted by molar-refractivity contribution is 0.0697. The average molecular weight is 424 g/mol. The fraction of sp³-hybridized carbons (Fsp3) is 0.238. The fourth-order valence-corrected chi connectivity index (χ4v) is 4.50. The first-order valence-electron chi connectivity index (χ1n) is 9.03. The number of imidazole rings is 1. The summed E-state index contributed by atoms with van der Waals surface area (Å²) >= 11 is 3.81. The van der Waals surface area contributed by atoms with E-state index in [0.29, 0.717) is 5.65 Å². The second-order valence-corrected chi connectivity index (χ2v) is 8.02. The molecule has 0 atom stereocenters. The minimum Gasteiger partial charge on any atom is -0.478 e. The standard InChI is InChI=1S/C21H18BrN3O2/c1-12-19(23-17-10-14(21(26)27)8-9-24(12)17)20-18(22)15-4-2-3-5-16(15)25(20)11-13-6-7-13/h2-5,8-10,13H,6-7,11H2,1H3,(H,26,27). The van der Waals surface area contributed by atoms with Gasteiger partial charge in [0.05, 0.1) is 15.7 Å². The molecule has 6 heteroatoms. The largest absolute Gasteiger partial charge is 0.478 e. The minimum atomic E-state index is -0.941. The third kappa shape index (κ3) is 2.58. The van der Waals surface area contributed by atoms with Crippen molar-refractivity contribution in [3.05, 3.63) is 58.3 Å². The first-order chi connectivity index (χ1) is 13.0. The number of rotatable bonds is 4. The summed E-state index contributed by atoms with van der Waals surface area (Å²) in [5.41, 5.74) is 5.06. The molecular formula is C21H18BrN3O2. The van der Waals surface area contributed by atoms with Gasteiger partial charge in [0.25, 0.3) is 0 Å². The van der Waals surface area contributed by atoms with Crippen molar-refractivity contribution in [1.29, 1.82) is 0 Å². The van der Waals surface area contributed by atoms with Crippen LogP contribution in [0.25, 0.3) is 27.9 Å². The maximum Gasteiger partial charge on any atom is 0.335 e. The van der Waals surface area contributed by atoms with E-state index in [1.165, 1.54) is 23.7 Å². The van der Waals surface area contributed by atoms with Crippen LogP contribution in [0.2, 0.25) is 0 Å². The van der Waals surface area contributed by atoms with Gasteiger partial charge in [0.2, 0.25) is 0 Å². The van der Waals surface area contributed by atoms with Crippen LogP contribution in [-0.2, 0) is 6.54 Å². The number of carboxylic acid groups (broad SMARTS) is 1. The van der Waals surface area contributed by atoms with Crippen LogP contribution in [0.1, 0.15) is 28.9 Å². The SMILES string of the molecule is Cc1c(-c2c(Br)c3ccccc3n2CC2CC2)nc2cc(C(=O)O)ccn12. The maximum absolute atomic E-state index is 11.3. The highest BCUT2D eigenvalue weighted by molar-refractivity contribution is 9.10. The summed E-state index contributed by atoms with van der Waals surface area (Å²) in [7, 11) is 0. The number of aromatic carboxylic acids is 1. The fourth-order valence-electron chi connectivity index (χ4n) is 3.77. The number of carboxylic acids is 1. The van der Waals surface area contributed by atoms with Gasteiger partial charge >= 0.3 is 5.97 Å². The number of benzene rings is 1. The molecule has 3 heterocycles. The van der Waals surface area contributed by atoms with Gasteiger partial charge in [-0.1, -0.05) is 18.2 Å². The third-order valence-corrected chi connectivity index (χ3v) is 6.19. The van der Waals surface area contributed by atoms with Gasteiger partial charge in [-0.05, 0) is 59.8 Å². The zero-order chi connectivity index (χ0) is 18.7. The number of hydrogen-bond donors (Lipinski definition) is 1. The summed E-state index contributed by atoms with van der Waals surface area (Å²) in [5.74, 6) is -0.217. The molecule has 0 amide bonds. The Bertz CT molecular complexity index is 1220. The molecule has 0 radical (unpaired) electrons. The molecule has 1 saturated carbocycles. The molecule has 1 aliphatic carbocycles. The van der Waals surface area contributed by atoms with Crippen LogP contribution in [0.5, 0.6) is 0 Å². The van der Waals surface area contributed by atoms with E-state index in [2.05, 4.69) is 38.7 Å². The van der Waals surface area contributed by atoms with E-state index >= 15 is 0 Å². The Morgan fingerprint density at radius 3 is 2.81 bits per heavy atom. The lowest BCUT2D eigenvalue weighted by Gasteiger charge is -2.10. The predicted octanol–water partition coefficient (Wildman–Crippen LogP) is 5.14. The number of aromatic nitrogens is 3. The van der Waals surface area contributed by atoms with Crippen molar-refractivity contribution in [3.63, 3.8) is 0 Å². The van der Waals surface area contributed by atoms with Crippen LogP contribution in [0, 0.1) is 12.8 Å². The second-order valence-electron chi connectivity index (χ2n) is 7.23. The zero-order valence-corrected chi connectivity index (χ0v) is 16.4. The molecule has 5 nitrogen and oxygen atoms in total. The van der Waals surface area contributed by atoms with Gasteiger partial charge < -0.3 is 14.1 Å². The summed E-state index contributed by atoms with van der Waals surface area (Å²) in [5, 5.41) is 10.5. The van der Waals surface area contributed by atoms with Crippen LogP contribution in [0.4, 0.5) is 0 Å². The van der Waals surface area contributed by atoms with Gasteiger partial charge in [-0.25, -0.2) is 9.78 Å². The molecule has 27 heavy (non-hydrogen) atoms. The Labute approximate surface area is 164 Å². The highest BCUT2D eigenvalue weighted by Gasteiger charge is 2.27. The Balaban J connectivity index is 1.79. The number of pyridine rings is 1. The highest BCUT2D eigenvalue weighted by atomic mass is 79.9. The van der Waals surface area contributed by atoms with E-state index < -0.39 is 5.97 Å². The van der Waals surface area contributed by atoms with Crippen LogP contribution >= 0.6 is 15.9 Å². The van der Waals surface area contributed by atoms with Crippen LogP contribution in [-0.4, -0.2) is 25.0 Å². The molecule has 0 saturated heterocycles. The van der Waals surface area contributed by atoms with E-state index in [4.69, 9.17) is 4.98 Å². The van der Waals surface area contributed by atoms with E-state index in [-0.39, 0.29) is 5.56 Å². The van der Waals surface area contributed by atoms with Gasteiger partial charge in [0, 0.05) is 29.3 Å². The van der Waals surface area contributed by atoms with Gasteiger partial charge in [-0.15, -0.1) is 0 Å². The van der Waals surface area contributed by atoms with Crippen LogP contribution < -0.4 is 0 Å². The molecule has 1 fully saturated rings. The number of aryl methyl sites for hydroxylation is 1. The topological polar surface area (TPSA) is 59.5 Å². The summed E-state index contributed by atoms with van der Waals surface area (Å²) in [6.45, 7) is 3.01. The second kappa shape index (κ2) is 5.96. The summed E-state index contributed by atoms with van der Waals surface area (Å²) in [6.07, 6.45) is 4.33.